The van der Waals surface area contributed by atoms with Crippen LogP contribution in [0.4, 0.5) is 14.9 Å². The maximum absolute atomic E-state index is 13.1. The van der Waals surface area contributed by atoms with Crippen LogP contribution in [0.3, 0.4) is 0 Å². The topological polar surface area (TPSA) is 75.7 Å². The van der Waals surface area contributed by atoms with E-state index in [9.17, 15) is 18.8 Å². The van der Waals surface area contributed by atoms with E-state index in [1.165, 1.54) is 13.2 Å². The third-order valence-electron chi connectivity index (χ3n) is 2.21. The third-order valence-corrected chi connectivity index (χ3v) is 2.21. The number of carbonyl (C=O) groups excluding carboxylic acids is 3. The van der Waals surface area contributed by atoms with Crippen LogP contribution in [0.25, 0.3) is 0 Å². The number of nitrogens with one attached hydrogen (secondary N) is 1. The Morgan fingerprint density at radius 3 is 2.53 bits per heavy atom. The summed E-state index contributed by atoms with van der Waals surface area (Å²) in [4.78, 5) is 34.3. The number of urea groups is 1. The Bertz CT molecular complexity index is 529. The highest BCUT2D eigenvalue weighted by atomic mass is 19.1. The lowest BCUT2D eigenvalue weighted by molar-refractivity contribution is -0.134. The van der Waals surface area contributed by atoms with Crippen molar-refractivity contribution < 1.29 is 23.5 Å². The van der Waals surface area contributed by atoms with Crippen LogP contribution in [-0.4, -0.2) is 25.0 Å². The lowest BCUT2D eigenvalue weighted by Gasteiger charge is -2.12. The van der Waals surface area contributed by atoms with Crippen LogP contribution in [0, 0.1) is 5.82 Å². The summed E-state index contributed by atoms with van der Waals surface area (Å²) in [6.07, 6.45) is 0. The van der Waals surface area contributed by atoms with Crippen molar-refractivity contribution in [1.82, 2.24) is 5.32 Å². The lowest BCUT2D eigenvalue weighted by atomic mass is 10.2. The fourth-order valence-electron chi connectivity index (χ4n) is 1.42. The van der Waals surface area contributed by atoms with Crippen molar-refractivity contribution >= 4 is 23.5 Å². The normalized spacial score (nSPS) is 15.2. The number of rotatable bonds is 2. The Kier molecular flexibility index (Phi) is 2.51. The molecule has 0 unspecified atom stereocenters. The highest BCUT2D eigenvalue weighted by Gasteiger charge is 2.38. The molecule has 4 amide bonds. The zero-order valence-corrected chi connectivity index (χ0v) is 8.69. The first-order valence-electron chi connectivity index (χ1n) is 4.57. The lowest BCUT2D eigenvalue weighted by Crippen LogP contribution is -2.30. The van der Waals surface area contributed by atoms with Crippen LogP contribution in [-0.2, 0) is 9.59 Å². The number of methoxy groups -OCH3 is 1. The van der Waals surface area contributed by atoms with Gasteiger partial charge in [0.15, 0.2) is 11.6 Å². The quantitative estimate of drug-likeness (QED) is 0.598. The molecule has 1 aromatic rings. The maximum Gasteiger partial charge on any atom is 0.336 e. The van der Waals surface area contributed by atoms with Crippen LogP contribution in [0.5, 0.6) is 5.75 Å². The number of hydrogen-bond donors (Lipinski definition) is 1. The number of carbonyl (C=O) groups is 3. The number of halogens is 1. The molecule has 1 saturated heterocycles. The molecular formula is C10H7FN2O4. The summed E-state index contributed by atoms with van der Waals surface area (Å²) in [6.45, 7) is 0. The Balaban J connectivity index is 2.44. The van der Waals surface area contributed by atoms with E-state index >= 15 is 0 Å². The summed E-state index contributed by atoms with van der Waals surface area (Å²) in [5.74, 6) is -2.78. The molecule has 0 aromatic heterocycles. The van der Waals surface area contributed by atoms with Gasteiger partial charge in [-0.2, -0.15) is 0 Å². The van der Waals surface area contributed by atoms with Gasteiger partial charge in [-0.3, -0.25) is 14.9 Å². The Morgan fingerprint density at radius 1 is 1.29 bits per heavy atom. The SMILES string of the molecule is COc1cc(N2C(=O)NC(=O)C2=O)ccc1F. The number of anilines is 1. The summed E-state index contributed by atoms with van der Waals surface area (Å²) in [7, 11) is 1.25. The average Bonchev–Trinajstić information content (AvgIpc) is 2.55. The molecule has 7 heteroatoms. The first kappa shape index (κ1) is 11.1. The predicted octanol–water partition coefficient (Wildman–Crippen LogP) is 0.417. The highest BCUT2D eigenvalue weighted by molar-refractivity contribution is 6.53. The van der Waals surface area contributed by atoms with Gasteiger partial charge in [-0.15, -0.1) is 0 Å². The fourth-order valence-corrected chi connectivity index (χ4v) is 1.42. The van der Waals surface area contributed by atoms with Crippen LogP contribution in [0.2, 0.25) is 0 Å². The number of amides is 4. The molecule has 1 N–H and O–H groups in total. The van der Waals surface area contributed by atoms with Gasteiger partial charge in [0.25, 0.3) is 0 Å². The smallest absolute Gasteiger partial charge is 0.336 e. The van der Waals surface area contributed by atoms with Crippen LogP contribution < -0.4 is 15.0 Å². The fraction of sp³-hybridized carbons (Fsp3) is 0.100. The molecule has 6 nitrogen and oxygen atoms in total. The summed E-state index contributed by atoms with van der Waals surface area (Å²) in [6, 6.07) is 2.53. The number of hydrogen-bond acceptors (Lipinski definition) is 4. The highest BCUT2D eigenvalue weighted by Crippen LogP contribution is 2.25. The molecule has 17 heavy (non-hydrogen) atoms. The maximum atomic E-state index is 13.1. The van der Waals surface area contributed by atoms with Gasteiger partial charge in [0.1, 0.15) is 0 Å². The minimum atomic E-state index is -1.02. The van der Waals surface area contributed by atoms with Crippen molar-refractivity contribution in [2.24, 2.45) is 0 Å². The summed E-state index contributed by atoms with van der Waals surface area (Å²) < 4.78 is 17.8. The zero-order valence-electron chi connectivity index (χ0n) is 8.69. The van der Waals surface area contributed by atoms with Crippen molar-refractivity contribution in [3.05, 3.63) is 24.0 Å². The van der Waals surface area contributed by atoms with E-state index in [1.54, 1.807) is 0 Å². The van der Waals surface area contributed by atoms with E-state index in [4.69, 9.17) is 4.74 Å². The van der Waals surface area contributed by atoms with Crippen LogP contribution in [0.15, 0.2) is 18.2 Å². The van der Waals surface area contributed by atoms with Gasteiger partial charge < -0.3 is 4.74 Å². The Morgan fingerprint density at radius 2 is 2.00 bits per heavy atom. The molecule has 88 valence electrons. The molecule has 0 bridgehead atoms. The van der Waals surface area contributed by atoms with Crippen LogP contribution >= 0.6 is 0 Å². The van der Waals surface area contributed by atoms with Gasteiger partial charge in [0.2, 0.25) is 0 Å². The van der Waals surface area contributed by atoms with E-state index < -0.39 is 23.7 Å². The summed E-state index contributed by atoms with van der Waals surface area (Å²) >= 11 is 0. The van der Waals surface area contributed by atoms with E-state index in [-0.39, 0.29) is 11.4 Å². The van der Waals surface area contributed by atoms with Gasteiger partial charge >= 0.3 is 17.8 Å². The predicted molar refractivity (Wildman–Crippen MR) is 54.0 cm³/mol. The number of benzene rings is 1. The van der Waals surface area contributed by atoms with Crippen LogP contribution in [0.1, 0.15) is 0 Å². The van der Waals surface area contributed by atoms with Crippen molar-refractivity contribution in [3.63, 3.8) is 0 Å². The van der Waals surface area contributed by atoms with Gasteiger partial charge in [-0.05, 0) is 12.1 Å². The monoisotopic (exact) mass is 238 g/mol. The minimum absolute atomic E-state index is 0.0663. The molecule has 0 saturated carbocycles. The zero-order chi connectivity index (χ0) is 12.6. The molecule has 1 heterocycles. The molecule has 1 aliphatic rings. The van der Waals surface area contributed by atoms with Crippen molar-refractivity contribution in [2.75, 3.05) is 12.0 Å². The van der Waals surface area contributed by atoms with Gasteiger partial charge in [0.05, 0.1) is 12.8 Å². The van der Waals surface area contributed by atoms with E-state index in [0.717, 1.165) is 12.1 Å². The standard InChI is InChI=1S/C10H7FN2O4/c1-17-7-4-5(2-3-6(7)11)13-9(15)8(14)12-10(13)16/h2-4H,1H3,(H,12,14,16). The second-order valence-corrected chi connectivity index (χ2v) is 3.22. The molecular weight excluding hydrogens is 231 g/mol. The summed E-state index contributed by atoms with van der Waals surface area (Å²) in [5.41, 5.74) is 0.0663. The third kappa shape index (κ3) is 1.71. The van der Waals surface area contributed by atoms with Gasteiger partial charge in [-0.1, -0.05) is 0 Å². The van der Waals surface area contributed by atoms with Gasteiger partial charge in [0, 0.05) is 6.07 Å². The van der Waals surface area contributed by atoms with E-state index in [0.29, 0.717) is 4.90 Å². The molecule has 0 radical (unpaired) electrons. The number of imide groups is 2. The number of nitrogens with zero attached hydrogens (tertiary/aromatic N) is 1. The van der Waals surface area contributed by atoms with E-state index in [2.05, 4.69) is 0 Å². The Labute approximate surface area is 95.0 Å². The average molecular weight is 238 g/mol. The molecule has 0 atom stereocenters. The molecule has 0 aliphatic carbocycles. The van der Waals surface area contributed by atoms with Crippen molar-refractivity contribution in [3.8, 4) is 5.75 Å². The second kappa shape index (κ2) is 3.85. The van der Waals surface area contributed by atoms with Crippen molar-refractivity contribution in [1.29, 1.82) is 0 Å². The van der Waals surface area contributed by atoms with Gasteiger partial charge in [-0.25, -0.2) is 14.1 Å². The molecule has 0 spiro atoms. The molecule has 2 rings (SSSR count). The first-order chi connectivity index (χ1) is 8.04. The summed E-state index contributed by atoms with van der Waals surface area (Å²) in [5, 5.41) is 1.83. The first-order valence-corrected chi connectivity index (χ1v) is 4.57. The van der Waals surface area contributed by atoms with Crippen molar-refractivity contribution in [2.45, 2.75) is 0 Å². The Hall–Kier alpha value is -2.44. The number of ether oxygens (including phenoxy) is 1. The molecule has 1 aliphatic heterocycles. The second-order valence-electron chi connectivity index (χ2n) is 3.22. The molecule has 1 aromatic carbocycles. The largest absolute Gasteiger partial charge is 0.494 e. The van der Waals surface area contributed by atoms with E-state index in [1.807, 2.05) is 5.32 Å². The molecule has 1 fully saturated rings. The minimum Gasteiger partial charge on any atom is -0.494 e.